The van der Waals surface area contributed by atoms with Gasteiger partial charge in [0.05, 0.1) is 11.7 Å². The molecule has 1 fully saturated rings. The maximum absolute atomic E-state index is 12.5. The highest BCUT2D eigenvalue weighted by Gasteiger charge is 2.35. The molecule has 136 valence electrons. The van der Waals surface area contributed by atoms with Crippen molar-refractivity contribution in [2.24, 2.45) is 11.7 Å². The average Bonchev–Trinajstić information content (AvgIpc) is 3.15. The molecular weight excluding hydrogens is 334 g/mol. The number of halogens is 1. The third-order valence-electron chi connectivity index (χ3n) is 4.44. The van der Waals surface area contributed by atoms with Crippen LogP contribution in [0.2, 0.25) is 0 Å². The summed E-state index contributed by atoms with van der Waals surface area (Å²) in [6.45, 7) is 8.49. The number of anilines is 1. The third kappa shape index (κ3) is 3.99. The summed E-state index contributed by atoms with van der Waals surface area (Å²) in [6, 6.07) is -1.02. The maximum atomic E-state index is 12.5. The number of nitrogens with one attached hydrogen (secondary N) is 1. The summed E-state index contributed by atoms with van der Waals surface area (Å²) in [5, 5.41) is 9.29. The first-order chi connectivity index (χ1) is 10.9. The van der Waals surface area contributed by atoms with Gasteiger partial charge in [-0.05, 0) is 26.2 Å². The van der Waals surface area contributed by atoms with Crippen LogP contribution in [0.15, 0.2) is 4.52 Å². The van der Waals surface area contributed by atoms with E-state index in [-0.39, 0.29) is 24.2 Å². The van der Waals surface area contributed by atoms with Crippen LogP contribution < -0.4 is 11.1 Å². The second-order valence-electron chi connectivity index (χ2n) is 6.00. The fourth-order valence-electron chi connectivity index (χ4n) is 2.41. The van der Waals surface area contributed by atoms with Crippen LogP contribution in [-0.2, 0) is 4.79 Å². The number of amides is 3. The topological polar surface area (TPSA) is 105 Å². The number of carbonyl (C=O) groups excluding carboxylic acids is 2. The fourth-order valence-corrected chi connectivity index (χ4v) is 2.41. The molecule has 0 aromatic carbocycles. The van der Waals surface area contributed by atoms with Crippen LogP contribution in [-0.4, -0.2) is 46.2 Å². The first kappa shape index (κ1) is 20.2. The van der Waals surface area contributed by atoms with Crippen LogP contribution in [0, 0.1) is 19.8 Å². The summed E-state index contributed by atoms with van der Waals surface area (Å²) in [6.07, 6.45) is 1.53. The van der Waals surface area contributed by atoms with Gasteiger partial charge in [-0.3, -0.25) is 10.1 Å². The number of hydrogen-bond donors (Lipinski definition) is 2. The van der Waals surface area contributed by atoms with E-state index < -0.39 is 12.1 Å². The lowest BCUT2D eigenvalue weighted by atomic mass is 9.99. The van der Waals surface area contributed by atoms with Gasteiger partial charge in [0.1, 0.15) is 0 Å². The van der Waals surface area contributed by atoms with Gasteiger partial charge in [-0.15, -0.1) is 12.4 Å². The van der Waals surface area contributed by atoms with E-state index in [1.165, 1.54) is 10.0 Å². The molecule has 0 aliphatic carbocycles. The van der Waals surface area contributed by atoms with E-state index in [1.54, 1.807) is 6.92 Å². The molecule has 0 radical (unpaired) electrons. The molecule has 1 aromatic heterocycles. The standard InChI is InChI=1S/C15H25N5O3.ClH/c1-5-9(2)12(16)14(21)19-7-6-8-20(19)15(22)17-13-10(3)11(4)18-23-13;/h9,12H,5-8,16H2,1-4H3,(H,17,22);1H. The van der Waals surface area contributed by atoms with Crippen molar-refractivity contribution in [3.63, 3.8) is 0 Å². The predicted molar refractivity (Wildman–Crippen MR) is 92.7 cm³/mol. The molecule has 1 saturated heterocycles. The molecule has 2 heterocycles. The normalized spacial score (nSPS) is 16.5. The van der Waals surface area contributed by atoms with Crippen molar-refractivity contribution in [1.29, 1.82) is 0 Å². The van der Waals surface area contributed by atoms with Crippen molar-refractivity contribution < 1.29 is 14.1 Å². The molecule has 0 saturated carbocycles. The Kier molecular flexibility index (Phi) is 7.04. The third-order valence-corrected chi connectivity index (χ3v) is 4.44. The van der Waals surface area contributed by atoms with E-state index in [0.29, 0.717) is 24.7 Å². The Morgan fingerprint density at radius 2 is 1.96 bits per heavy atom. The Hall–Kier alpha value is -1.80. The highest BCUT2D eigenvalue weighted by atomic mass is 35.5. The quantitative estimate of drug-likeness (QED) is 0.856. The molecule has 2 unspecified atom stereocenters. The number of hydrazine groups is 1. The summed E-state index contributed by atoms with van der Waals surface area (Å²) >= 11 is 0. The molecule has 0 bridgehead atoms. The maximum Gasteiger partial charge on any atom is 0.343 e. The number of aryl methyl sites for hydroxylation is 1. The summed E-state index contributed by atoms with van der Waals surface area (Å²) in [5.74, 6) is 0.141. The van der Waals surface area contributed by atoms with Gasteiger partial charge in [-0.2, -0.15) is 0 Å². The van der Waals surface area contributed by atoms with Crippen LogP contribution in [0.3, 0.4) is 0 Å². The average molecular weight is 360 g/mol. The highest BCUT2D eigenvalue weighted by molar-refractivity contribution is 5.91. The highest BCUT2D eigenvalue weighted by Crippen LogP contribution is 2.20. The molecule has 3 amide bonds. The monoisotopic (exact) mass is 359 g/mol. The number of carbonyl (C=O) groups is 2. The Morgan fingerprint density at radius 1 is 1.33 bits per heavy atom. The molecule has 1 aromatic rings. The van der Waals surface area contributed by atoms with Gasteiger partial charge in [0.2, 0.25) is 5.88 Å². The van der Waals surface area contributed by atoms with Crippen LogP contribution in [0.25, 0.3) is 0 Å². The van der Waals surface area contributed by atoms with Gasteiger partial charge in [-0.25, -0.2) is 14.8 Å². The van der Waals surface area contributed by atoms with Crippen LogP contribution in [0.1, 0.15) is 37.9 Å². The van der Waals surface area contributed by atoms with E-state index in [9.17, 15) is 9.59 Å². The molecule has 1 aliphatic rings. The SMILES string of the molecule is CCC(C)C(N)C(=O)N1CCCN1C(=O)Nc1onc(C)c1C.Cl. The lowest BCUT2D eigenvalue weighted by Gasteiger charge is -2.31. The molecule has 2 atom stereocenters. The number of nitrogens with zero attached hydrogens (tertiary/aromatic N) is 3. The second-order valence-corrected chi connectivity index (χ2v) is 6.00. The molecule has 0 spiro atoms. The van der Waals surface area contributed by atoms with E-state index in [1.807, 2.05) is 20.8 Å². The Labute approximate surface area is 148 Å². The van der Waals surface area contributed by atoms with Crippen LogP contribution >= 0.6 is 12.4 Å². The number of aromatic nitrogens is 1. The first-order valence-electron chi connectivity index (χ1n) is 7.95. The number of rotatable bonds is 4. The molecular formula is C15H26ClN5O3. The molecule has 9 heteroatoms. The molecule has 2 rings (SSSR count). The molecule has 3 N–H and O–H groups in total. The lowest BCUT2D eigenvalue weighted by Crippen LogP contribution is -2.53. The van der Waals surface area contributed by atoms with Gasteiger partial charge >= 0.3 is 6.03 Å². The summed E-state index contributed by atoms with van der Waals surface area (Å²) < 4.78 is 5.09. The Balaban J connectivity index is 0.00000288. The molecule has 8 nitrogen and oxygen atoms in total. The van der Waals surface area contributed by atoms with Crippen LogP contribution in [0.5, 0.6) is 0 Å². The van der Waals surface area contributed by atoms with E-state index in [2.05, 4.69) is 10.5 Å². The van der Waals surface area contributed by atoms with Crippen molar-refractivity contribution in [2.45, 2.75) is 46.6 Å². The van der Waals surface area contributed by atoms with Crippen LogP contribution in [0.4, 0.5) is 10.7 Å². The van der Waals surface area contributed by atoms with Gasteiger partial charge in [0, 0.05) is 18.7 Å². The zero-order chi connectivity index (χ0) is 17.1. The van der Waals surface area contributed by atoms with Gasteiger partial charge in [-0.1, -0.05) is 25.4 Å². The smallest absolute Gasteiger partial charge is 0.338 e. The van der Waals surface area contributed by atoms with E-state index >= 15 is 0 Å². The van der Waals surface area contributed by atoms with Gasteiger partial charge < -0.3 is 10.3 Å². The van der Waals surface area contributed by atoms with E-state index in [0.717, 1.165) is 18.4 Å². The van der Waals surface area contributed by atoms with Gasteiger partial charge in [0.25, 0.3) is 5.91 Å². The second kappa shape index (κ2) is 8.34. The lowest BCUT2D eigenvalue weighted by molar-refractivity contribution is -0.142. The van der Waals surface area contributed by atoms with E-state index in [4.69, 9.17) is 10.3 Å². The first-order valence-corrected chi connectivity index (χ1v) is 7.95. The minimum absolute atomic E-state index is 0. The van der Waals surface area contributed by atoms with Crippen molar-refractivity contribution in [2.75, 3.05) is 18.4 Å². The Morgan fingerprint density at radius 3 is 2.50 bits per heavy atom. The summed E-state index contributed by atoms with van der Waals surface area (Å²) in [7, 11) is 0. The number of urea groups is 1. The summed E-state index contributed by atoms with van der Waals surface area (Å²) in [4.78, 5) is 25.0. The van der Waals surface area contributed by atoms with Gasteiger partial charge in [0.15, 0.2) is 0 Å². The minimum atomic E-state index is -0.609. The predicted octanol–water partition coefficient (Wildman–Crippen LogP) is 2.07. The largest absolute Gasteiger partial charge is 0.343 e. The van der Waals surface area contributed by atoms with Crippen molar-refractivity contribution >= 4 is 30.2 Å². The minimum Gasteiger partial charge on any atom is -0.338 e. The van der Waals surface area contributed by atoms with Crippen molar-refractivity contribution in [3.8, 4) is 0 Å². The fraction of sp³-hybridized carbons (Fsp3) is 0.667. The number of nitrogens with two attached hydrogens (primary N) is 1. The van der Waals surface area contributed by atoms with Crippen molar-refractivity contribution in [1.82, 2.24) is 15.2 Å². The molecule has 1 aliphatic heterocycles. The molecule has 24 heavy (non-hydrogen) atoms. The number of hydrogen-bond acceptors (Lipinski definition) is 5. The zero-order valence-electron chi connectivity index (χ0n) is 14.5. The Bertz CT molecular complexity index is 592. The summed E-state index contributed by atoms with van der Waals surface area (Å²) in [5.41, 5.74) is 7.50. The van der Waals surface area contributed by atoms with Crippen molar-refractivity contribution in [3.05, 3.63) is 11.3 Å². The zero-order valence-corrected chi connectivity index (χ0v) is 15.4.